The summed E-state index contributed by atoms with van der Waals surface area (Å²) in [5.74, 6) is 0.527. The molecule has 0 unspecified atom stereocenters. The van der Waals surface area contributed by atoms with E-state index in [4.69, 9.17) is 9.47 Å². The van der Waals surface area contributed by atoms with Gasteiger partial charge in [-0.2, -0.15) is 4.99 Å². The lowest BCUT2D eigenvalue weighted by Gasteiger charge is -2.08. The van der Waals surface area contributed by atoms with Crippen LogP contribution in [0.4, 0.5) is 0 Å². The number of hydrogen-bond donors (Lipinski definition) is 0. The van der Waals surface area contributed by atoms with Crippen molar-refractivity contribution in [3.05, 3.63) is 58.4 Å². The maximum absolute atomic E-state index is 12.7. The average molecular weight is 370 g/mol. The molecule has 136 valence electrons. The van der Waals surface area contributed by atoms with E-state index in [1.807, 2.05) is 54.8 Å². The monoisotopic (exact) mass is 370 g/mol. The number of fused-ring (bicyclic) bond motifs is 1. The van der Waals surface area contributed by atoms with Gasteiger partial charge in [-0.15, -0.1) is 0 Å². The van der Waals surface area contributed by atoms with Crippen molar-refractivity contribution in [3.63, 3.8) is 0 Å². The number of aryl methyl sites for hydroxylation is 1. The fourth-order valence-corrected chi connectivity index (χ4v) is 3.89. The Morgan fingerprint density at radius 3 is 2.73 bits per heavy atom. The van der Waals surface area contributed by atoms with Gasteiger partial charge >= 0.3 is 0 Å². The topological polar surface area (TPSA) is 52.8 Å². The minimum Gasteiger partial charge on any atom is -0.495 e. The number of nitrogens with zero attached hydrogens (tertiary/aromatic N) is 2. The van der Waals surface area contributed by atoms with Crippen LogP contribution in [0, 0.1) is 6.92 Å². The second-order valence-electron chi connectivity index (χ2n) is 5.77. The van der Waals surface area contributed by atoms with Crippen LogP contribution in [0.5, 0.6) is 5.75 Å². The van der Waals surface area contributed by atoms with Crippen LogP contribution in [0.1, 0.15) is 22.8 Å². The third-order valence-electron chi connectivity index (χ3n) is 4.12. The molecule has 6 heteroatoms. The Morgan fingerprint density at radius 2 is 2.00 bits per heavy atom. The predicted molar refractivity (Wildman–Crippen MR) is 104 cm³/mol. The van der Waals surface area contributed by atoms with Gasteiger partial charge in [0.2, 0.25) is 0 Å². The molecule has 5 nitrogen and oxygen atoms in total. The van der Waals surface area contributed by atoms with Gasteiger partial charge in [0, 0.05) is 18.7 Å². The molecule has 2 aromatic carbocycles. The zero-order valence-corrected chi connectivity index (χ0v) is 16.0. The van der Waals surface area contributed by atoms with E-state index >= 15 is 0 Å². The lowest BCUT2D eigenvalue weighted by molar-refractivity contribution is 0.0996. The Hall–Kier alpha value is -2.44. The summed E-state index contributed by atoms with van der Waals surface area (Å²) >= 11 is 1.48. The van der Waals surface area contributed by atoms with Gasteiger partial charge in [-0.05, 0) is 37.6 Å². The number of amides is 1. The summed E-state index contributed by atoms with van der Waals surface area (Å²) in [7, 11) is 1.65. The van der Waals surface area contributed by atoms with Crippen LogP contribution in [0.25, 0.3) is 10.2 Å². The van der Waals surface area contributed by atoms with Crippen LogP contribution in [0.2, 0.25) is 0 Å². The van der Waals surface area contributed by atoms with Crippen LogP contribution in [-0.4, -0.2) is 30.8 Å². The van der Waals surface area contributed by atoms with Gasteiger partial charge in [0.1, 0.15) is 11.3 Å². The summed E-state index contributed by atoms with van der Waals surface area (Å²) in [5.41, 5.74) is 2.48. The molecule has 0 N–H and O–H groups in total. The largest absolute Gasteiger partial charge is 0.495 e. The summed E-state index contributed by atoms with van der Waals surface area (Å²) in [5, 5.41) is 0. The van der Waals surface area contributed by atoms with E-state index in [9.17, 15) is 4.79 Å². The van der Waals surface area contributed by atoms with Crippen molar-refractivity contribution in [2.75, 3.05) is 20.3 Å². The summed E-state index contributed by atoms with van der Waals surface area (Å²) in [4.78, 5) is 17.8. The van der Waals surface area contributed by atoms with Crippen molar-refractivity contribution < 1.29 is 14.3 Å². The van der Waals surface area contributed by atoms with Crippen molar-refractivity contribution >= 4 is 27.5 Å². The molecule has 0 radical (unpaired) electrons. The summed E-state index contributed by atoms with van der Waals surface area (Å²) in [6.45, 7) is 5.68. The second-order valence-corrected chi connectivity index (χ2v) is 6.78. The van der Waals surface area contributed by atoms with Gasteiger partial charge in [0.15, 0.2) is 4.80 Å². The highest BCUT2D eigenvalue weighted by atomic mass is 32.1. The third kappa shape index (κ3) is 3.71. The first-order valence-corrected chi connectivity index (χ1v) is 9.36. The smallest absolute Gasteiger partial charge is 0.279 e. The molecule has 0 fully saturated rings. The zero-order chi connectivity index (χ0) is 18.5. The summed E-state index contributed by atoms with van der Waals surface area (Å²) < 4.78 is 14.1. The minimum absolute atomic E-state index is 0.237. The average Bonchev–Trinajstić information content (AvgIpc) is 2.99. The first-order valence-electron chi connectivity index (χ1n) is 8.54. The Labute approximate surface area is 156 Å². The standard InChI is InChI=1S/C20H22N2O3S/c1-4-25-13-12-22-18-16(24-3)10-7-11-17(18)26-20(22)21-19(23)15-9-6-5-8-14(15)2/h5-11H,4,12-13H2,1-3H3. The van der Waals surface area contributed by atoms with E-state index in [0.29, 0.717) is 30.1 Å². The number of aromatic nitrogens is 1. The lowest BCUT2D eigenvalue weighted by atomic mass is 10.1. The number of methoxy groups -OCH3 is 1. The van der Waals surface area contributed by atoms with Crippen molar-refractivity contribution in [1.29, 1.82) is 0 Å². The summed E-state index contributed by atoms with van der Waals surface area (Å²) in [6, 6.07) is 13.4. The van der Waals surface area contributed by atoms with Crippen LogP contribution < -0.4 is 9.54 Å². The van der Waals surface area contributed by atoms with Crippen molar-refractivity contribution in [2.24, 2.45) is 4.99 Å². The van der Waals surface area contributed by atoms with Crippen molar-refractivity contribution in [2.45, 2.75) is 20.4 Å². The Kier molecular flexibility index (Phi) is 5.85. The molecule has 0 saturated heterocycles. The van der Waals surface area contributed by atoms with E-state index in [2.05, 4.69) is 4.99 Å². The van der Waals surface area contributed by atoms with E-state index in [1.165, 1.54) is 11.3 Å². The normalized spacial score (nSPS) is 11.9. The molecule has 0 atom stereocenters. The van der Waals surface area contributed by atoms with Crippen LogP contribution in [0.15, 0.2) is 47.5 Å². The number of thiazole rings is 1. The lowest BCUT2D eigenvalue weighted by Crippen LogP contribution is -2.20. The van der Waals surface area contributed by atoms with Crippen molar-refractivity contribution in [1.82, 2.24) is 4.57 Å². The Morgan fingerprint density at radius 1 is 1.19 bits per heavy atom. The number of hydrogen-bond acceptors (Lipinski definition) is 4. The van der Waals surface area contributed by atoms with Crippen LogP contribution >= 0.6 is 11.3 Å². The molecule has 1 heterocycles. The predicted octanol–water partition coefficient (Wildman–Crippen LogP) is 3.80. The molecule has 0 spiro atoms. The fourth-order valence-electron chi connectivity index (χ4n) is 2.82. The maximum atomic E-state index is 12.7. The van der Waals surface area contributed by atoms with Gasteiger partial charge in [-0.1, -0.05) is 35.6 Å². The Bertz CT molecular complexity index is 988. The first kappa shape index (κ1) is 18.4. The SMILES string of the molecule is CCOCCn1c(=NC(=O)c2ccccc2C)sc2cccc(OC)c21. The highest BCUT2D eigenvalue weighted by molar-refractivity contribution is 7.16. The van der Waals surface area contributed by atoms with E-state index < -0.39 is 0 Å². The minimum atomic E-state index is -0.237. The molecule has 0 aliphatic heterocycles. The van der Waals surface area contributed by atoms with Gasteiger partial charge in [-0.3, -0.25) is 4.79 Å². The Balaban J connectivity index is 2.13. The van der Waals surface area contributed by atoms with Gasteiger partial charge in [0.05, 0.1) is 18.4 Å². The zero-order valence-electron chi connectivity index (χ0n) is 15.2. The highest BCUT2D eigenvalue weighted by Crippen LogP contribution is 2.27. The van der Waals surface area contributed by atoms with Gasteiger partial charge < -0.3 is 14.0 Å². The van der Waals surface area contributed by atoms with Crippen LogP contribution in [-0.2, 0) is 11.3 Å². The van der Waals surface area contributed by atoms with Crippen LogP contribution in [0.3, 0.4) is 0 Å². The highest BCUT2D eigenvalue weighted by Gasteiger charge is 2.13. The fraction of sp³-hybridized carbons (Fsp3) is 0.300. The van der Waals surface area contributed by atoms with Gasteiger partial charge in [0.25, 0.3) is 5.91 Å². The summed E-state index contributed by atoms with van der Waals surface area (Å²) in [6.07, 6.45) is 0. The van der Waals surface area contributed by atoms with E-state index in [-0.39, 0.29) is 5.91 Å². The van der Waals surface area contributed by atoms with Crippen molar-refractivity contribution in [3.8, 4) is 5.75 Å². The number of rotatable bonds is 6. The molecular weight excluding hydrogens is 348 g/mol. The molecule has 1 amide bonds. The molecule has 3 aromatic rings. The molecule has 0 saturated carbocycles. The molecule has 0 bridgehead atoms. The quantitative estimate of drug-likeness (QED) is 0.620. The number of carbonyl (C=O) groups is 1. The molecule has 26 heavy (non-hydrogen) atoms. The number of para-hydroxylation sites is 1. The van der Waals surface area contributed by atoms with Gasteiger partial charge in [-0.25, -0.2) is 0 Å². The number of benzene rings is 2. The maximum Gasteiger partial charge on any atom is 0.279 e. The molecule has 0 aliphatic carbocycles. The molecule has 0 aliphatic rings. The second kappa shape index (κ2) is 8.29. The number of carbonyl (C=O) groups excluding carboxylic acids is 1. The molecule has 3 rings (SSSR count). The first-order chi connectivity index (χ1) is 12.7. The van der Waals surface area contributed by atoms with E-state index in [0.717, 1.165) is 21.5 Å². The molecular formula is C20H22N2O3S. The third-order valence-corrected chi connectivity index (χ3v) is 5.16. The number of ether oxygens (including phenoxy) is 2. The molecule has 1 aromatic heterocycles. The van der Waals surface area contributed by atoms with E-state index in [1.54, 1.807) is 13.2 Å².